The van der Waals surface area contributed by atoms with Crippen LogP contribution in [0.5, 0.6) is 0 Å². The summed E-state index contributed by atoms with van der Waals surface area (Å²) in [5.41, 5.74) is 5.42. The van der Waals surface area contributed by atoms with Gasteiger partial charge in [0.25, 0.3) is 0 Å². The Bertz CT molecular complexity index is 443. The fourth-order valence-corrected chi connectivity index (χ4v) is 1.77. The van der Waals surface area contributed by atoms with E-state index in [2.05, 4.69) is 5.32 Å². The molecule has 0 fully saturated rings. The van der Waals surface area contributed by atoms with Crippen molar-refractivity contribution in [3.8, 4) is 0 Å². The van der Waals surface area contributed by atoms with Crippen LogP contribution in [0.1, 0.15) is 32.3 Å². The van der Waals surface area contributed by atoms with Gasteiger partial charge in [-0.15, -0.1) is 0 Å². The fourth-order valence-electron chi connectivity index (χ4n) is 1.77. The second-order valence-corrected chi connectivity index (χ2v) is 4.72. The largest absolute Gasteiger partial charge is 0.480 e. The molecule has 0 aliphatic rings. The van der Waals surface area contributed by atoms with Crippen LogP contribution < -0.4 is 11.1 Å². The predicted octanol–water partition coefficient (Wildman–Crippen LogP) is 1.23. The van der Waals surface area contributed by atoms with Crippen LogP contribution in [0.25, 0.3) is 0 Å². The lowest BCUT2D eigenvalue weighted by molar-refractivity contribution is -0.142. The van der Waals surface area contributed by atoms with Gasteiger partial charge in [0.2, 0.25) is 5.91 Å². The van der Waals surface area contributed by atoms with Gasteiger partial charge < -0.3 is 16.2 Å². The highest BCUT2D eigenvalue weighted by molar-refractivity contribution is 5.90. The van der Waals surface area contributed by atoms with Gasteiger partial charge in [-0.25, -0.2) is 4.79 Å². The third-order valence-electron chi connectivity index (χ3n) is 3.03. The monoisotopic (exact) mass is 264 g/mol. The smallest absolute Gasteiger partial charge is 0.326 e. The van der Waals surface area contributed by atoms with Crippen LogP contribution in [0.15, 0.2) is 30.3 Å². The Balaban J connectivity index is 2.84. The molecule has 104 valence electrons. The number of benzene rings is 1. The van der Waals surface area contributed by atoms with Gasteiger partial charge in [-0.1, -0.05) is 43.7 Å². The molecule has 1 amide bonds. The van der Waals surface area contributed by atoms with E-state index < -0.39 is 23.5 Å². The summed E-state index contributed by atoms with van der Waals surface area (Å²) in [4.78, 5) is 23.2. The van der Waals surface area contributed by atoms with Crippen LogP contribution in [0, 0.1) is 0 Å². The molecule has 19 heavy (non-hydrogen) atoms. The molecule has 5 heteroatoms. The SMILES string of the molecule is CCCC(NC(=O)C(C)(N)c1ccccc1)C(=O)O. The maximum atomic E-state index is 12.2. The molecule has 2 atom stereocenters. The maximum Gasteiger partial charge on any atom is 0.326 e. The lowest BCUT2D eigenvalue weighted by Crippen LogP contribution is -2.53. The van der Waals surface area contributed by atoms with Gasteiger partial charge in [-0.05, 0) is 18.9 Å². The van der Waals surface area contributed by atoms with Crippen LogP contribution in [0.4, 0.5) is 0 Å². The highest BCUT2D eigenvalue weighted by Gasteiger charge is 2.33. The number of carboxylic acids is 1. The van der Waals surface area contributed by atoms with Gasteiger partial charge in [0.05, 0.1) is 0 Å². The molecular weight excluding hydrogens is 244 g/mol. The number of aliphatic carboxylic acids is 1. The molecular formula is C14H20N2O3. The predicted molar refractivity (Wildman–Crippen MR) is 72.5 cm³/mol. The summed E-state index contributed by atoms with van der Waals surface area (Å²) in [6, 6.07) is 7.99. The van der Waals surface area contributed by atoms with E-state index in [9.17, 15) is 9.59 Å². The van der Waals surface area contributed by atoms with E-state index in [1.165, 1.54) is 0 Å². The lowest BCUT2D eigenvalue weighted by Gasteiger charge is -2.26. The van der Waals surface area contributed by atoms with Gasteiger partial charge >= 0.3 is 5.97 Å². The molecule has 0 aliphatic heterocycles. The topological polar surface area (TPSA) is 92.4 Å². The highest BCUT2D eigenvalue weighted by Crippen LogP contribution is 2.17. The quantitative estimate of drug-likeness (QED) is 0.720. The van der Waals surface area contributed by atoms with E-state index in [0.717, 1.165) is 0 Å². The number of nitrogens with one attached hydrogen (secondary N) is 1. The van der Waals surface area contributed by atoms with Crippen LogP contribution in [0.3, 0.4) is 0 Å². The minimum absolute atomic E-state index is 0.381. The first-order chi connectivity index (χ1) is 8.89. The molecule has 0 aromatic heterocycles. The molecule has 0 saturated carbocycles. The summed E-state index contributed by atoms with van der Waals surface area (Å²) in [5.74, 6) is -1.53. The molecule has 2 unspecified atom stereocenters. The van der Waals surface area contributed by atoms with Crippen LogP contribution >= 0.6 is 0 Å². The van der Waals surface area contributed by atoms with Gasteiger partial charge in [0, 0.05) is 0 Å². The van der Waals surface area contributed by atoms with E-state index in [-0.39, 0.29) is 0 Å². The standard InChI is InChI=1S/C14H20N2O3/c1-3-7-11(12(17)18)16-13(19)14(2,15)10-8-5-4-6-9-10/h4-6,8-9,11H,3,7,15H2,1-2H3,(H,16,19)(H,17,18). The van der Waals surface area contributed by atoms with E-state index in [4.69, 9.17) is 10.8 Å². The molecule has 1 rings (SSSR count). The Kier molecular flexibility index (Phi) is 5.06. The summed E-state index contributed by atoms with van der Waals surface area (Å²) in [7, 11) is 0. The molecule has 5 nitrogen and oxygen atoms in total. The van der Waals surface area contributed by atoms with Gasteiger partial charge in [-0.3, -0.25) is 4.79 Å². The number of carbonyl (C=O) groups excluding carboxylic acids is 1. The molecule has 1 aromatic carbocycles. The van der Waals surface area contributed by atoms with Crippen molar-refractivity contribution in [1.29, 1.82) is 0 Å². The van der Waals surface area contributed by atoms with Crippen LogP contribution in [-0.4, -0.2) is 23.0 Å². The second-order valence-electron chi connectivity index (χ2n) is 4.72. The zero-order valence-electron chi connectivity index (χ0n) is 11.2. The Hall–Kier alpha value is -1.88. The zero-order valence-corrected chi connectivity index (χ0v) is 11.2. The van der Waals surface area contributed by atoms with Crippen molar-refractivity contribution in [3.63, 3.8) is 0 Å². The Morgan fingerprint density at radius 2 is 1.95 bits per heavy atom. The summed E-state index contributed by atoms with van der Waals surface area (Å²) in [5, 5.41) is 11.5. The van der Waals surface area contributed by atoms with Crippen molar-refractivity contribution in [1.82, 2.24) is 5.32 Å². The number of hydrogen-bond donors (Lipinski definition) is 3. The van der Waals surface area contributed by atoms with Crippen molar-refractivity contribution in [2.45, 2.75) is 38.3 Å². The number of nitrogens with two attached hydrogens (primary N) is 1. The van der Waals surface area contributed by atoms with E-state index in [0.29, 0.717) is 18.4 Å². The van der Waals surface area contributed by atoms with Crippen LogP contribution in [-0.2, 0) is 15.1 Å². The molecule has 0 aliphatic carbocycles. The number of rotatable bonds is 6. The summed E-state index contributed by atoms with van der Waals surface area (Å²) < 4.78 is 0. The first-order valence-electron chi connectivity index (χ1n) is 6.27. The lowest BCUT2D eigenvalue weighted by atomic mass is 9.92. The van der Waals surface area contributed by atoms with Crippen LogP contribution in [0.2, 0.25) is 0 Å². The van der Waals surface area contributed by atoms with E-state index in [1.54, 1.807) is 31.2 Å². The zero-order chi connectivity index (χ0) is 14.5. The molecule has 0 bridgehead atoms. The van der Waals surface area contributed by atoms with Crippen molar-refractivity contribution < 1.29 is 14.7 Å². The number of carbonyl (C=O) groups is 2. The average Bonchev–Trinajstić information content (AvgIpc) is 2.38. The summed E-state index contributed by atoms with van der Waals surface area (Å²) in [6.45, 7) is 3.43. The van der Waals surface area contributed by atoms with Gasteiger partial charge in [0.15, 0.2) is 0 Å². The number of carboxylic acid groups (broad SMARTS) is 1. The van der Waals surface area contributed by atoms with E-state index >= 15 is 0 Å². The van der Waals surface area contributed by atoms with Gasteiger partial charge in [0.1, 0.15) is 11.6 Å². The van der Waals surface area contributed by atoms with Crippen molar-refractivity contribution in [2.24, 2.45) is 5.73 Å². The average molecular weight is 264 g/mol. The van der Waals surface area contributed by atoms with Crippen molar-refractivity contribution >= 4 is 11.9 Å². The molecule has 1 aromatic rings. The minimum atomic E-state index is -1.25. The fraction of sp³-hybridized carbons (Fsp3) is 0.429. The molecule has 0 spiro atoms. The number of amides is 1. The third kappa shape index (κ3) is 3.79. The third-order valence-corrected chi connectivity index (χ3v) is 3.03. The molecule has 0 heterocycles. The molecule has 4 N–H and O–H groups in total. The normalized spacial score (nSPS) is 15.3. The Morgan fingerprint density at radius 1 is 1.37 bits per heavy atom. The minimum Gasteiger partial charge on any atom is -0.480 e. The first-order valence-corrected chi connectivity index (χ1v) is 6.27. The molecule has 0 radical (unpaired) electrons. The highest BCUT2D eigenvalue weighted by atomic mass is 16.4. The molecule has 0 saturated heterocycles. The summed E-state index contributed by atoms with van der Waals surface area (Å²) in [6.07, 6.45) is 1.05. The van der Waals surface area contributed by atoms with E-state index in [1.807, 2.05) is 13.0 Å². The van der Waals surface area contributed by atoms with Gasteiger partial charge in [-0.2, -0.15) is 0 Å². The first kappa shape index (κ1) is 15.2. The maximum absolute atomic E-state index is 12.2. The van der Waals surface area contributed by atoms with Crippen molar-refractivity contribution in [2.75, 3.05) is 0 Å². The Labute approximate surface area is 112 Å². The second kappa shape index (κ2) is 6.33. The summed E-state index contributed by atoms with van der Waals surface area (Å²) >= 11 is 0. The Morgan fingerprint density at radius 3 is 2.42 bits per heavy atom. The van der Waals surface area contributed by atoms with Crippen molar-refractivity contribution in [3.05, 3.63) is 35.9 Å². The number of hydrogen-bond acceptors (Lipinski definition) is 3.